The molecule has 0 bridgehead atoms. The maximum Gasteiger partial charge on any atom is 0.211 e. The van der Waals surface area contributed by atoms with E-state index in [9.17, 15) is 17.9 Å². The fourth-order valence-electron chi connectivity index (χ4n) is 1.51. The standard InChI is InChI=1S/C12H18FNO3S/c13-8-4-10-18(16,17)14-9-7-12(15)11-5-2-1-3-6-11/h1-3,5-6,12,14-15H,4,7-10H2. The van der Waals surface area contributed by atoms with Crippen LogP contribution >= 0.6 is 0 Å². The summed E-state index contributed by atoms with van der Waals surface area (Å²) in [6.45, 7) is -0.502. The minimum atomic E-state index is -3.42. The third kappa shape index (κ3) is 5.57. The summed E-state index contributed by atoms with van der Waals surface area (Å²) in [6.07, 6.45) is -0.412. The van der Waals surface area contributed by atoms with Gasteiger partial charge in [0.05, 0.1) is 18.5 Å². The van der Waals surface area contributed by atoms with Gasteiger partial charge in [0.2, 0.25) is 10.0 Å². The van der Waals surface area contributed by atoms with Crippen molar-refractivity contribution in [2.24, 2.45) is 0 Å². The summed E-state index contributed by atoms with van der Waals surface area (Å²) in [5.74, 6) is -0.217. The summed E-state index contributed by atoms with van der Waals surface area (Å²) in [6, 6.07) is 9.02. The molecule has 4 nitrogen and oxygen atoms in total. The first-order chi connectivity index (χ1) is 8.55. The van der Waals surface area contributed by atoms with E-state index in [1.54, 1.807) is 12.1 Å². The summed E-state index contributed by atoms with van der Waals surface area (Å²) in [4.78, 5) is 0. The molecule has 0 saturated carbocycles. The van der Waals surface area contributed by atoms with E-state index in [0.29, 0.717) is 6.42 Å². The number of benzene rings is 1. The molecule has 2 N–H and O–H groups in total. The number of hydrogen-bond donors (Lipinski definition) is 2. The van der Waals surface area contributed by atoms with E-state index in [4.69, 9.17) is 0 Å². The number of aliphatic hydroxyl groups is 1. The van der Waals surface area contributed by atoms with Crippen LogP contribution in [-0.4, -0.2) is 32.5 Å². The SMILES string of the molecule is O=S(=O)(CCCF)NCCC(O)c1ccccc1. The Morgan fingerprint density at radius 1 is 1.28 bits per heavy atom. The van der Waals surface area contributed by atoms with E-state index in [0.717, 1.165) is 5.56 Å². The second-order valence-electron chi connectivity index (χ2n) is 3.97. The molecule has 0 fully saturated rings. The van der Waals surface area contributed by atoms with Crippen molar-refractivity contribution in [1.29, 1.82) is 0 Å². The second kappa shape index (κ2) is 7.45. The minimum Gasteiger partial charge on any atom is -0.388 e. The summed E-state index contributed by atoms with van der Waals surface area (Å²) in [7, 11) is -3.42. The molecule has 1 rings (SSSR count). The van der Waals surface area contributed by atoms with Crippen LogP contribution in [-0.2, 0) is 10.0 Å². The number of nitrogens with one attached hydrogen (secondary N) is 1. The number of alkyl halides is 1. The highest BCUT2D eigenvalue weighted by Gasteiger charge is 2.11. The minimum absolute atomic E-state index is 0.00340. The predicted molar refractivity (Wildman–Crippen MR) is 68.4 cm³/mol. The predicted octanol–water partition coefficient (Wildman–Crippen LogP) is 1.39. The molecule has 0 spiro atoms. The van der Waals surface area contributed by atoms with Crippen LogP contribution in [0.5, 0.6) is 0 Å². The topological polar surface area (TPSA) is 66.4 Å². The molecule has 18 heavy (non-hydrogen) atoms. The van der Waals surface area contributed by atoms with Gasteiger partial charge in [0, 0.05) is 6.54 Å². The summed E-state index contributed by atoms with van der Waals surface area (Å²) in [5, 5.41) is 9.80. The highest BCUT2D eigenvalue weighted by atomic mass is 32.2. The molecule has 1 aromatic rings. The van der Waals surface area contributed by atoms with Gasteiger partial charge in [0.15, 0.2) is 0 Å². The number of aliphatic hydroxyl groups excluding tert-OH is 1. The number of sulfonamides is 1. The normalized spacial score (nSPS) is 13.4. The molecule has 0 aromatic heterocycles. The largest absolute Gasteiger partial charge is 0.388 e. The average molecular weight is 275 g/mol. The Labute approximate surface area is 107 Å². The Kier molecular flexibility index (Phi) is 6.24. The number of rotatable bonds is 8. The molecular formula is C12H18FNO3S. The Hall–Kier alpha value is -0.980. The van der Waals surface area contributed by atoms with E-state index in [-0.39, 0.29) is 18.7 Å². The van der Waals surface area contributed by atoms with E-state index in [2.05, 4.69) is 4.72 Å². The van der Waals surface area contributed by atoms with Crippen LogP contribution in [0, 0.1) is 0 Å². The van der Waals surface area contributed by atoms with Crippen molar-refractivity contribution in [3.8, 4) is 0 Å². The molecule has 102 valence electrons. The first-order valence-electron chi connectivity index (χ1n) is 5.81. The summed E-state index contributed by atoms with van der Waals surface area (Å²) < 4.78 is 36.9. The van der Waals surface area contributed by atoms with Gasteiger partial charge in [-0.1, -0.05) is 30.3 Å². The van der Waals surface area contributed by atoms with Crippen molar-refractivity contribution < 1.29 is 17.9 Å². The van der Waals surface area contributed by atoms with Crippen LogP contribution in [0.25, 0.3) is 0 Å². The van der Waals surface area contributed by atoms with Crippen molar-refractivity contribution in [3.63, 3.8) is 0 Å². The van der Waals surface area contributed by atoms with Crippen LogP contribution in [0.15, 0.2) is 30.3 Å². The Balaban J connectivity index is 2.34. The van der Waals surface area contributed by atoms with Crippen molar-refractivity contribution in [2.45, 2.75) is 18.9 Å². The van der Waals surface area contributed by atoms with Crippen LogP contribution in [0.3, 0.4) is 0 Å². The summed E-state index contributed by atoms with van der Waals surface area (Å²) >= 11 is 0. The van der Waals surface area contributed by atoms with Gasteiger partial charge in [-0.3, -0.25) is 4.39 Å². The van der Waals surface area contributed by atoms with Gasteiger partial charge in [0.25, 0.3) is 0 Å². The van der Waals surface area contributed by atoms with Crippen molar-refractivity contribution in [1.82, 2.24) is 4.72 Å². The third-order valence-electron chi connectivity index (χ3n) is 2.47. The molecule has 0 amide bonds. The fraction of sp³-hybridized carbons (Fsp3) is 0.500. The lowest BCUT2D eigenvalue weighted by atomic mass is 10.1. The van der Waals surface area contributed by atoms with Crippen molar-refractivity contribution in [3.05, 3.63) is 35.9 Å². The van der Waals surface area contributed by atoms with Gasteiger partial charge in [-0.05, 0) is 18.4 Å². The van der Waals surface area contributed by atoms with Gasteiger partial charge >= 0.3 is 0 Å². The molecule has 1 atom stereocenters. The Morgan fingerprint density at radius 2 is 1.94 bits per heavy atom. The molecule has 0 aliphatic carbocycles. The highest BCUT2D eigenvalue weighted by Crippen LogP contribution is 2.14. The maximum atomic E-state index is 11.9. The first-order valence-corrected chi connectivity index (χ1v) is 7.47. The number of hydrogen-bond acceptors (Lipinski definition) is 3. The van der Waals surface area contributed by atoms with E-state index < -0.39 is 22.8 Å². The molecule has 0 aliphatic rings. The Morgan fingerprint density at radius 3 is 2.56 bits per heavy atom. The van der Waals surface area contributed by atoms with Crippen molar-refractivity contribution >= 4 is 10.0 Å². The van der Waals surface area contributed by atoms with Gasteiger partial charge in [-0.2, -0.15) is 0 Å². The van der Waals surface area contributed by atoms with Gasteiger partial charge in [-0.25, -0.2) is 13.1 Å². The monoisotopic (exact) mass is 275 g/mol. The van der Waals surface area contributed by atoms with E-state index in [1.807, 2.05) is 18.2 Å². The smallest absolute Gasteiger partial charge is 0.211 e. The zero-order chi connectivity index (χ0) is 13.4. The van der Waals surface area contributed by atoms with Crippen LogP contribution in [0.1, 0.15) is 24.5 Å². The molecule has 0 aliphatic heterocycles. The van der Waals surface area contributed by atoms with E-state index in [1.165, 1.54) is 0 Å². The third-order valence-corrected chi connectivity index (χ3v) is 3.94. The quantitative estimate of drug-likeness (QED) is 0.753. The maximum absolute atomic E-state index is 11.9. The van der Waals surface area contributed by atoms with Crippen LogP contribution in [0.2, 0.25) is 0 Å². The van der Waals surface area contributed by atoms with Gasteiger partial charge < -0.3 is 5.11 Å². The Bertz CT molecular complexity index is 436. The molecule has 1 aromatic carbocycles. The fourth-order valence-corrected chi connectivity index (χ4v) is 2.57. The van der Waals surface area contributed by atoms with Gasteiger partial charge in [0.1, 0.15) is 0 Å². The van der Waals surface area contributed by atoms with Crippen molar-refractivity contribution in [2.75, 3.05) is 19.0 Å². The zero-order valence-electron chi connectivity index (χ0n) is 10.0. The van der Waals surface area contributed by atoms with Crippen LogP contribution < -0.4 is 4.72 Å². The lowest BCUT2D eigenvalue weighted by Crippen LogP contribution is -2.28. The molecule has 1 unspecified atom stereocenters. The summed E-state index contributed by atoms with van der Waals surface area (Å²) in [5.41, 5.74) is 0.750. The molecular weight excluding hydrogens is 257 g/mol. The number of halogens is 1. The van der Waals surface area contributed by atoms with E-state index >= 15 is 0 Å². The average Bonchev–Trinajstić information content (AvgIpc) is 2.37. The van der Waals surface area contributed by atoms with Crippen LogP contribution in [0.4, 0.5) is 4.39 Å². The first kappa shape index (κ1) is 15.1. The lowest BCUT2D eigenvalue weighted by Gasteiger charge is -2.11. The lowest BCUT2D eigenvalue weighted by molar-refractivity contribution is 0.169. The second-order valence-corrected chi connectivity index (χ2v) is 5.90. The highest BCUT2D eigenvalue weighted by molar-refractivity contribution is 7.89. The molecule has 6 heteroatoms. The van der Waals surface area contributed by atoms with Gasteiger partial charge in [-0.15, -0.1) is 0 Å². The molecule has 0 radical (unpaired) electrons. The zero-order valence-corrected chi connectivity index (χ0v) is 10.9. The molecule has 0 heterocycles. The molecule has 0 saturated heterocycles.